The zero-order valence-electron chi connectivity index (χ0n) is 21.7. The molecule has 0 bridgehead atoms. The number of carbonyl (C=O) groups is 3. The van der Waals surface area contributed by atoms with E-state index in [0.717, 1.165) is 12.0 Å². The van der Waals surface area contributed by atoms with Gasteiger partial charge in [0, 0.05) is 18.7 Å². The summed E-state index contributed by atoms with van der Waals surface area (Å²) in [6.45, 7) is 2.38. The molecule has 1 heterocycles. The van der Waals surface area contributed by atoms with Gasteiger partial charge in [-0.3, -0.25) is 4.79 Å². The summed E-state index contributed by atoms with van der Waals surface area (Å²) in [6, 6.07) is 17.3. The minimum atomic E-state index is -1.36. The number of ether oxygens (including phenoxy) is 2. The lowest BCUT2D eigenvalue weighted by molar-refractivity contribution is -0.153. The summed E-state index contributed by atoms with van der Waals surface area (Å²) in [7, 11) is 1.49. The molecule has 0 aromatic heterocycles. The summed E-state index contributed by atoms with van der Waals surface area (Å²) in [5.41, 5.74) is 2.89. The minimum Gasteiger partial charge on any atom is -0.495 e. The number of rotatable bonds is 10. The van der Waals surface area contributed by atoms with Crippen LogP contribution in [0.5, 0.6) is 11.5 Å². The second kappa shape index (κ2) is 12.4. The number of carbonyl (C=O) groups excluding carboxylic acids is 2. The predicted molar refractivity (Wildman–Crippen MR) is 145 cm³/mol. The number of likely N-dealkylation sites (tertiary alicyclic amines) is 1. The number of amides is 2. The Bertz CT molecular complexity index is 1340. The fourth-order valence-electron chi connectivity index (χ4n) is 4.52. The van der Waals surface area contributed by atoms with E-state index < -0.39 is 24.5 Å². The van der Waals surface area contributed by atoms with E-state index in [1.807, 2.05) is 31.2 Å². The first kappa shape index (κ1) is 27.6. The molecule has 2 amide bonds. The van der Waals surface area contributed by atoms with Gasteiger partial charge in [0.25, 0.3) is 6.41 Å². The molecule has 3 aromatic rings. The number of para-hydroxylation sites is 1. The molecular weight excluding hydrogens is 502 g/mol. The van der Waals surface area contributed by atoms with Gasteiger partial charge in [-0.15, -0.1) is 0 Å². The van der Waals surface area contributed by atoms with Gasteiger partial charge in [0.2, 0.25) is 0 Å². The first-order valence-corrected chi connectivity index (χ1v) is 12.5. The van der Waals surface area contributed by atoms with Gasteiger partial charge < -0.3 is 30.3 Å². The summed E-state index contributed by atoms with van der Waals surface area (Å²) >= 11 is 0. The highest BCUT2D eigenvalue weighted by Crippen LogP contribution is 2.28. The summed E-state index contributed by atoms with van der Waals surface area (Å²) in [5.74, 6) is -0.434. The number of aryl methyl sites for hydroxylation is 1. The van der Waals surface area contributed by atoms with Crippen LogP contribution in [0.15, 0.2) is 66.7 Å². The number of methoxy groups -OCH3 is 1. The molecule has 10 heteroatoms. The third kappa shape index (κ3) is 6.92. The van der Waals surface area contributed by atoms with E-state index in [1.165, 1.54) is 31.4 Å². The lowest BCUT2D eigenvalue weighted by Crippen LogP contribution is -2.46. The number of Topliss-reactive ketones (excluding diaryl/α,β-unsaturated/α-hetero) is 1. The molecule has 1 aliphatic rings. The van der Waals surface area contributed by atoms with Gasteiger partial charge in [0.05, 0.1) is 24.4 Å². The molecule has 3 aromatic carbocycles. The Labute approximate surface area is 226 Å². The number of aromatic carboxylic acids is 1. The van der Waals surface area contributed by atoms with Crippen LogP contribution in [-0.4, -0.2) is 59.0 Å². The summed E-state index contributed by atoms with van der Waals surface area (Å²) in [6.07, 6.45) is 0.0436. The van der Waals surface area contributed by atoms with Crippen molar-refractivity contribution < 1.29 is 34.1 Å². The number of ketones is 1. The van der Waals surface area contributed by atoms with Crippen LogP contribution in [-0.2, 0) is 11.2 Å². The Balaban J connectivity index is 1.37. The molecule has 1 fully saturated rings. The molecule has 1 aliphatic heterocycles. The highest BCUT2D eigenvalue weighted by molar-refractivity contribution is 6.01. The molecule has 10 nitrogen and oxygen atoms in total. The van der Waals surface area contributed by atoms with Crippen molar-refractivity contribution in [2.75, 3.05) is 24.3 Å². The molecule has 39 heavy (non-hydrogen) atoms. The third-order valence-electron chi connectivity index (χ3n) is 6.58. The fraction of sp³-hybridized carbons (Fsp3) is 0.276. The predicted octanol–water partition coefficient (Wildman–Crippen LogP) is 4.28. The topological polar surface area (TPSA) is 137 Å². The van der Waals surface area contributed by atoms with E-state index in [-0.39, 0.29) is 17.8 Å². The van der Waals surface area contributed by atoms with E-state index in [1.54, 1.807) is 23.1 Å². The lowest BCUT2D eigenvalue weighted by Gasteiger charge is -2.28. The largest absolute Gasteiger partial charge is 0.495 e. The van der Waals surface area contributed by atoms with E-state index in [2.05, 4.69) is 10.6 Å². The fourth-order valence-corrected chi connectivity index (χ4v) is 4.52. The number of carboxylic acid groups (broad SMARTS) is 1. The number of anilines is 2. The molecule has 0 radical (unpaired) electrons. The molecular formula is C29H31N3O7. The Morgan fingerprint density at radius 2 is 1.74 bits per heavy atom. The number of aliphatic hydroxyl groups excluding tert-OH is 1. The van der Waals surface area contributed by atoms with Crippen LogP contribution in [0, 0.1) is 6.92 Å². The van der Waals surface area contributed by atoms with Crippen molar-refractivity contribution in [2.45, 2.75) is 38.6 Å². The lowest BCUT2D eigenvalue weighted by atomic mass is 10.0. The van der Waals surface area contributed by atoms with Crippen molar-refractivity contribution in [1.29, 1.82) is 0 Å². The Morgan fingerprint density at radius 3 is 2.44 bits per heavy atom. The first-order valence-electron chi connectivity index (χ1n) is 12.5. The first-order chi connectivity index (χ1) is 18.7. The number of hydrogen-bond acceptors (Lipinski definition) is 7. The average molecular weight is 534 g/mol. The average Bonchev–Trinajstić information content (AvgIpc) is 3.42. The molecule has 4 N–H and O–H groups in total. The van der Waals surface area contributed by atoms with Gasteiger partial charge in [-0.2, -0.15) is 0 Å². The third-order valence-corrected chi connectivity index (χ3v) is 6.58. The zero-order chi connectivity index (χ0) is 27.9. The van der Waals surface area contributed by atoms with Crippen LogP contribution < -0.4 is 20.1 Å². The number of aliphatic hydroxyl groups is 1. The van der Waals surface area contributed by atoms with Crippen LogP contribution >= 0.6 is 0 Å². The van der Waals surface area contributed by atoms with Gasteiger partial charge in [0.15, 0.2) is 5.78 Å². The number of benzene rings is 3. The maximum absolute atomic E-state index is 13.2. The van der Waals surface area contributed by atoms with Crippen LogP contribution in [0.2, 0.25) is 0 Å². The Hall–Kier alpha value is -4.41. The van der Waals surface area contributed by atoms with Crippen LogP contribution in [0.25, 0.3) is 0 Å². The van der Waals surface area contributed by atoms with Crippen LogP contribution in [0.1, 0.15) is 34.3 Å². The molecule has 0 spiro atoms. The standard InChI is InChI=1S/C29H31N3O7/c1-18-6-3-4-7-22(18)30-28(36)31-23-14-9-19(17-26(23)38-2)16-25(33)24-8-5-15-32(24)29(37)39-21-12-10-20(11-13-21)27(34)35/h3-4,6-7,9-14,17,24,29,37H,5,8,15-16H2,1-2H3,(H,34,35)(H2,30,31,36). The van der Waals surface area contributed by atoms with E-state index in [9.17, 15) is 19.5 Å². The summed E-state index contributed by atoms with van der Waals surface area (Å²) in [4.78, 5) is 38.3. The van der Waals surface area contributed by atoms with E-state index in [0.29, 0.717) is 41.4 Å². The molecule has 0 aliphatic carbocycles. The van der Waals surface area contributed by atoms with Crippen molar-refractivity contribution in [3.05, 3.63) is 83.4 Å². The highest BCUT2D eigenvalue weighted by atomic mass is 16.6. The SMILES string of the molecule is COc1cc(CC(=O)C2CCCN2C(O)Oc2ccc(C(=O)O)cc2)ccc1NC(=O)Nc1ccccc1C. The number of nitrogens with zero attached hydrogens (tertiary/aromatic N) is 1. The monoisotopic (exact) mass is 533 g/mol. The molecule has 204 valence electrons. The molecule has 4 rings (SSSR count). The van der Waals surface area contributed by atoms with Crippen molar-refractivity contribution in [3.8, 4) is 11.5 Å². The quantitative estimate of drug-likeness (QED) is 0.284. The van der Waals surface area contributed by atoms with Gasteiger partial charge in [-0.05, 0) is 73.4 Å². The Morgan fingerprint density at radius 1 is 1.03 bits per heavy atom. The maximum atomic E-state index is 13.2. The Kier molecular flexibility index (Phi) is 8.80. The second-order valence-electron chi connectivity index (χ2n) is 9.24. The van der Waals surface area contributed by atoms with Crippen molar-refractivity contribution >= 4 is 29.2 Å². The number of nitrogens with one attached hydrogen (secondary N) is 2. The molecule has 2 atom stereocenters. The normalized spacial score (nSPS) is 15.8. The van der Waals surface area contributed by atoms with Crippen molar-refractivity contribution in [1.82, 2.24) is 4.90 Å². The van der Waals surface area contributed by atoms with Gasteiger partial charge in [0.1, 0.15) is 11.5 Å². The maximum Gasteiger partial charge on any atom is 0.335 e. The number of hydrogen-bond donors (Lipinski definition) is 4. The van der Waals surface area contributed by atoms with Crippen LogP contribution in [0.3, 0.4) is 0 Å². The van der Waals surface area contributed by atoms with Gasteiger partial charge in [-0.25, -0.2) is 14.5 Å². The van der Waals surface area contributed by atoms with Gasteiger partial charge >= 0.3 is 12.0 Å². The summed E-state index contributed by atoms with van der Waals surface area (Å²) < 4.78 is 11.0. The molecule has 1 saturated heterocycles. The van der Waals surface area contributed by atoms with Gasteiger partial charge in [-0.1, -0.05) is 24.3 Å². The summed E-state index contributed by atoms with van der Waals surface area (Å²) in [5, 5.41) is 25.3. The second-order valence-corrected chi connectivity index (χ2v) is 9.24. The van der Waals surface area contributed by atoms with E-state index in [4.69, 9.17) is 14.6 Å². The number of urea groups is 1. The van der Waals surface area contributed by atoms with Crippen LogP contribution in [0.4, 0.5) is 16.2 Å². The molecule has 0 saturated carbocycles. The van der Waals surface area contributed by atoms with E-state index >= 15 is 0 Å². The minimum absolute atomic E-state index is 0.0866. The van der Waals surface area contributed by atoms with Crippen molar-refractivity contribution in [3.63, 3.8) is 0 Å². The smallest absolute Gasteiger partial charge is 0.335 e. The van der Waals surface area contributed by atoms with Crippen molar-refractivity contribution in [2.24, 2.45) is 0 Å². The highest BCUT2D eigenvalue weighted by Gasteiger charge is 2.35. The molecule has 2 unspecified atom stereocenters. The number of carboxylic acids is 1. The zero-order valence-corrected chi connectivity index (χ0v) is 21.7.